The van der Waals surface area contributed by atoms with Gasteiger partial charge in [0.15, 0.2) is 0 Å². The number of aryl methyl sites for hydroxylation is 1. The smallest absolute Gasteiger partial charge is 0.428 e. The van der Waals surface area contributed by atoms with Gasteiger partial charge in [-0.3, -0.25) is 23.2 Å². The molecule has 0 aliphatic carbocycles. The van der Waals surface area contributed by atoms with E-state index >= 15 is 0 Å². The van der Waals surface area contributed by atoms with Crippen molar-refractivity contribution in [1.29, 1.82) is 0 Å². The SMILES string of the molecule is CCC(CC(=O)OCOC(=O)c1ccc(CNC(=O)C(C)OP(=O)(OCc2ccccc2)OCc2ccccc2)cc1)c1ccc(N(CC(C)C)CC(C)C)c(NC(=O)Nc2ccc(C)cc2)c1. The highest BCUT2D eigenvalue weighted by atomic mass is 31.2. The average Bonchev–Trinajstić information content (AvgIpc) is 3.32. The van der Waals surface area contributed by atoms with E-state index in [1.54, 1.807) is 12.1 Å². The molecule has 2 unspecified atom stereocenters. The Kier molecular flexibility index (Phi) is 20.4. The van der Waals surface area contributed by atoms with Gasteiger partial charge in [-0.15, -0.1) is 0 Å². The van der Waals surface area contributed by atoms with Crippen LogP contribution in [0.15, 0.2) is 127 Å². The number of urea groups is 1. The summed E-state index contributed by atoms with van der Waals surface area (Å²) in [5.74, 6) is -1.31. The molecule has 5 aromatic carbocycles. The molecular weight excluding hydrogens is 884 g/mol. The molecule has 68 heavy (non-hydrogen) atoms. The molecule has 5 aromatic rings. The molecule has 3 amide bonds. The lowest BCUT2D eigenvalue weighted by Gasteiger charge is -2.31. The van der Waals surface area contributed by atoms with Crippen LogP contribution in [0.25, 0.3) is 0 Å². The number of rotatable bonds is 25. The van der Waals surface area contributed by atoms with Gasteiger partial charge in [-0.2, -0.15) is 0 Å². The first kappa shape index (κ1) is 52.7. The van der Waals surface area contributed by atoms with Crippen molar-refractivity contribution in [3.05, 3.63) is 161 Å². The number of ether oxygens (including phenoxy) is 2. The minimum Gasteiger partial charge on any atom is -0.428 e. The largest absolute Gasteiger partial charge is 0.476 e. The number of hydrogen-bond donors (Lipinski definition) is 3. The average molecular weight is 949 g/mol. The van der Waals surface area contributed by atoms with Gasteiger partial charge in [-0.1, -0.05) is 131 Å². The van der Waals surface area contributed by atoms with Crippen LogP contribution in [0, 0.1) is 18.8 Å². The quantitative estimate of drug-likeness (QED) is 0.0289. The summed E-state index contributed by atoms with van der Waals surface area (Å²) in [5, 5.41) is 8.74. The number of carbonyl (C=O) groups is 4. The van der Waals surface area contributed by atoms with Crippen molar-refractivity contribution < 1.29 is 46.8 Å². The summed E-state index contributed by atoms with van der Waals surface area (Å²) < 4.78 is 41.3. The van der Waals surface area contributed by atoms with Crippen molar-refractivity contribution in [2.24, 2.45) is 11.8 Å². The fourth-order valence-electron chi connectivity index (χ4n) is 7.13. The fourth-order valence-corrected chi connectivity index (χ4v) is 8.43. The van der Waals surface area contributed by atoms with E-state index in [1.807, 2.05) is 117 Å². The molecule has 5 rings (SSSR count). The van der Waals surface area contributed by atoms with Crippen LogP contribution in [0.5, 0.6) is 0 Å². The molecule has 0 heterocycles. The van der Waals surface area contributed by atoms with Gasteiger partial charge >= 0.3 is 25.8 Å². The number of esters is 2. The zero-order chi connectivity index (χ0) is 49.1. The Balaban J connectivity index is 1.12. The first-order valence-electron chi connectivity index (χ1n) is 23.0. The number of nitrogens with zero attached hydrogens (tertiary/aromatic N) is 1. The zero-order valence-corrected chi connectivity index (χ0v) is 41.0. The Hall–Kier alpha value is -6.31. The molecule has 0 saturated carbocycles. The van der Waals surface area contributed by atoms with Crippen molar-refractivity contribution in [3.8, 4) is 0 Å². The van der Waals surface area contributed by atoms with Crippen LogP contribution >= 0.6 is 7.82 Å². The zero-order valence-electron chi connectivity index (χ0n) is 40.1. The number of phosphoric ester groups is 1. The maximum atomic E-state index is 13.7. The Bertz CT molecular complexity index is 2380. The molecule has 14 nitrogen and oxygen atoms in total. The second-order valence-electron chi connectivity index (χ2n) is 17.4. The van der Waals surface area contributed by atoms with Gasteiger partial charge in [0.1, 0.15) is 6.10 Å². The predicted octanol–water partition coefficient (Wildman–Crippen LogP) is 11.6. The van der Waals surface area contributed by atoms with Crippen LogP contribution in [0.3, 0.4) is 0 Å². The summed E-state index contributed by atoms with van der Waals surface area (Å²) >= 11 is 0. The minimum atomic E-state index is -4.20. The molecule has 0 aromatic heterocycles. The number of phosphoric acid groups is 1. The summed E-state index contributed by atoms with van der Waals surface area (Å²) in [4.78, 5) is 54.7. The van der Waals surface area contributed by atoms with Crippen LogP contribution in [0.1, 0.15) is 98.5 Å². The van der Waals surface area contributed by atoms with Gasteiger partial charge in [0.05, 0.1) is 36.6 Å². The Labute approximate surface area is 400 Å². The van der Waals surface area contributed by atoms with Crippen molar-refractivity contribution in [1.82, 2.24) is 5.32 Å². The number of anilines is 3. The Morgan fingerprint density at radius 2 is 1.26 bits per heavy atom. The number of hydrogen-bond acceptors (Lipinski definition) is 11. The second-order valence-corrected chi connectivity index (χ2v) is 19.0. The van der Waals surface area contributed by atoms with E-state index in [1.165, 1.54) is 19.1 Å². The van der Waals surface area contributed by atoms with Gasteiger partial charge in [0.2, 0.25) is 12.7 Å². The molecule has 3 N–H and O–H groups in total. The third-order valence-electron chi connectivity index (χ3n) is 10.7. The minimum absolute atomic E-state index is 0.0210. The molecule has 0 aliphatic rings. The summed E-state index contributed by atoms with van der Waals surface area (Å²) in [6.07, 6.45) is -0.570. The summed E-state index contributed by atoms with van der Waals surface area (Å²) in [6, 6.07) is 37.7. The molecular formula is C53H65N4O10P. The molecule has 0 bridgehead atoms. The standard InChI is InChI=1S/C53H65N4O10P/c1-8-44(46-25-28-49(57(32-37(2)3)33-38(4)5)48(29-46)56-53(61)55-47-26-19-39(6)20-27-47)30-50(58)63-36-64-52(60)45-23-21-41(22-24-45)31-54-51(59)40(7)67-68(62,65-34-42-15-11-9-12-16-42)66-35-43-17-13-10-14-18-43/h9-29,37-38,40,44H,8,30-36H2,1-7H3,(H,54,59)(H2,55,56,61). The van der Waals surface area contributed by atoms with E-state index in [4.69, 9.17) is 23.0 Å². The molecule has 0 spiro atoms. The highest BCUT2D eigenvalue weighted by molar-refractivity contribution is 7.48. The maximum absolute atomic E-state index is 13.7. The first-order valence-corrected chi connectivity index (χ1v) is 24.4. The van der Waals surface area contributed by atoms with Gasteiger partial charge in [-0.05, 0) is 96.7 Å². The normalized spacial score (nSPS) is 12.2. The van der Waals surface area contributed by atoms with E-state index in [9.17, 15) is 23.7 Å². The fraction of sp³-hybridized carbons (Fsp3) is 0.358. The third-order valence-corrected chi connectivity index (χ3v) is 12.1. The molecule has 0 fully saturated rings. The van der Waals surface area contributed by atoms with E-state index in [0.717, 1.165) is 41.0 Å². The Morgan fingerprint density at radius 1 is 0.676 bits per heavy atom. The van der Waals surface area contributed by atoms with E-state index in [2.05, 4.69) is 48.5 Å². The number of nitrogens with one attached hydrogen (secondary N) is 3. The highest BCUT2D eigenvalue weighted by Gasteiger charge is 2.32. The van der Waals surface area contributed by atoms with Crippen LogP contribution in [0.2, 0.25) is 0 Å². The van der Waals surface area contributed by atoms with Crippen LogP contribution in [-0.4, -0.2) is 49.9 Å². The van der Waals surface area contributed by atoms with Gasteiger partial charge < -0.3 is 30.3 Å². The molecule has 2 atom stereocenters. The van der Waals surface area contributed by atoms with E-state index in [-0.39, 0.29) is 43.7 Å². The first-order chi connectivity index (χ1) is 32.6. The van der Waals surface area contributed by atoms with Crippen LogP contribution in [-0.2, 0) is 57.0 Å². The van der Waals surface area contributed by atoms with Gasteiger partial charge in [0, 0.05) is 25.3 Å². The third kappa shape index (κ3) is 17.4. The summed E-state index contributed by atoms with van der Waals surface area (Å²) in [5.41, 5.74) is 6.49. The number of amides is 3. The number of benzene rings is 5. The van der Waals surface area contributed by atoms with Crippen molar-refractivity contribution in [3.63, 3.8) is 0 Å². The predicted molar refractivity (Wildman–Crippen MR) is 265 cm³/mol. The number of carbonyl (C=O) groups excluding carboxylic acids is 4. The highest BCUT2D eigenvalue weighted by Crippen LogP contribution is 2.52. The van der Waals surface area contributed by atoms with Crippen LogP contribution < -0.4 is 20.9 Å². The molecule has 0 aliphatic heterocycles. The van der Waals surface area contributed by atoms with E-state index < -0.39 is 38.6 Å². The lowest BCUT2D eigenvalue weighted by molar-refractivity contribution is -0.152. The summed E-state index contributed by atoms with van der Waals surface area (Å²) in [7, 11) is -4.20. The summed E-state index contributed by atoms with van der Waals surface area (Å²) in [6.45, 7) is 15.0. The Morgan fingerprint density at radius 3 is 1.82 bits per heavy atom. The van der Waals surface area contributed by atoms with Crippen LogP contribution in [0.4, 0.5) is 21.9 Å². The molecule has 0 radical (unpaired) electrons. The second kappa shape index (κ2) is 26.3. The molecule has 0 saturated heterocycles. The lowest BCUT2D eigenvalue weighted by atomic mass is 9.92. The van der Waals surface area contributed by atoms with Crippen molar-refractivity contribution in [2.75, 3.05) is 35.4 Å². The maximum Gasteiger partial charge on any atom is 0.476 e. The van der Waals surface area contributed by atoms with Crippen molar-refractivity contribution >= 4 is 48.8 Å². The molecule has 15 heteroatoms. The molecule has 362 valence electrons. The van der Waals surface area contributed by atoms with Crippen molar-refractivity contribution in [2.45, 2.75) is 93.1 Å². The van der Waals surface area contributed by atoms with E-state index in [0.29, 0.717) is 35.2 Å². The monoisotopic (exact) mass is 948 g/mol. The topological polar surface area (TPSA) is 171 Å². The lowest BCUT2D eigenvalue weighted by Crippen LogP contribution is -2.33. The van der Waals surface area contributed by atoms with Gasteiger partial charge in [0.25, 0.3) is 0 Å². The van der Waals surface area contributed by atoms with Gasteiger partial charge in [-0.25, -0.2) is 14.2 Å².